The second kappa shape index (κ2) is 7.62. The topological polar surface area (TPSA) is 58.0 Å². The van der Waals surface area contributed by atoms with Crippen LogP contribution in [0, 0.1) is 0 Å². The van der Waals surface area contributed by atoms with Crippen molar-refractivity contribution in [2.75, 3.05) is 19.4 Å². The zero-order valence-corrected chi connectivity index (χ0v) is 9.76. The Bertz CT molecular complexity index is 266. The Hall–Kier alpha value is -0.650. The Kier molecular flexibility index (Phi) is 6.31. The highest BCUT2D eigenvalue weighted by Crippen LogP contribution is 2.06. The van der Waals surface area contributed by atoms with Crippen molar-refractivity contribution >= 4 is 11.8 Å². The minimum absolute atomic E-state index is 0.271. The molecule has 0 amide bonds. The lowest BCUT2D eigenvalue weighted by Crippen LogP contribution is -2.15. The molecule has 0 aliphatic carbocycles. The summed E-state index contributed by atoms with van der Waals surface area (Å²) in [4.78, 5) is 8.37. The van der Waals surface area contributed by atoms with Crippen LogP contribution in [0.1, 0.15) is 18.4 Å². The molecule has 84 valence electrons. The van der Waals surface area contributed by atoms with Gasteiger partial charge in [-0.2, -0.15) is 0 Å². The predicted octanol–water partition coefficient (Wildman–Crippen LogP) is 1.06. The van der Waals surface area contributed by atoms with Crippen molar-refractivity contribution in [1.82, 2.24) is 15.3 Å². The average molecular weight is 227 g/mol. The standard InChI is InChI=1S/C10H17N3OS/c1-15-10-12-7-9(8-13-10)6-11-4-2-3-5-14/h7-8,11,14H,2-6H2,1H3. The number of aliphatic hydroxyl groups excluding tert-OH is 1. The Morgan fingerprint density at radius 3 is 2.67 bits per heavy atom. The second-order valence-corrected chi connectivity index (χ2v) is 3.96. The first-order valence-electron chi connectivity index (χ1n) is 5.03. The van der Waals surface area contributed by atoms with Gasteiger partial charge < -0.3 is 10.4 Å². The van der Waals surface area contributed by atoms with Crippen LogP contribution in [0.25, 0.3) is 0 Å². The molecule has 4 nitrogen and oxygen atoms in total. The SMILES string of the molecule is CSc1ncc(CNCCCCO)cn1. The fourth-order valence-corrected chi connectivity index (χ4v) is 1.45. The number of hydrogen-bond donors (Lipinski definition) is 2. The molecule has 0 saturated carbocycles. The lowest BCUT2D eigenvalue weighted by atomic mass is 10.3. The molecule has 0 spiro atoms. The van der Waals surface area contributed by atoms with Crippen LogP contribution in [-0.2, 0) is 6.54 Å². The summed E-state index contributed by atoms with van der Waals surface area (Å²) in [6, 6.07) is 0. The molecule has 0 radical (unpaired) electrons. The monoisotopic (exact) mass is 227 g/mol. The third-order valence-corrected chi connectivity index (χ3v) is 2.53. The first-order valence-corrected chi connectivity index (χ1v) is 6.25. The summed E-state index contributed by atoms with van der Waals surface area (Å²) in [5.74, 6) is 0. The Balaban J connectivity index is 2.20. The number of aliphatic hydroxyl groups is 1. The normalized spacial score (nSPS) is 10.5. The van der Waals surface area contributed by atoms with Gasteiger partial charge in [0.15, 0.2) is 5.16 Å². The fraction of sp³-hybridized carbons (Fsp3) is 0.600. The van der Waals surface area contributed by atoms with Crippen molar-refractivity contribution in [2.24, 2.45) is 0 Å². The smallest absolute Gasteiger partial charge is 0.187 e. The van der Waals surface area contributed by atoms with Crippen LogP contribution in [0.3, 0.4) is 0 Å². The summed E-state index contributed by atoms with van der Waals surface area (Å²) >= 11 is 1.54. The Labute approximate surface area is 94.5 Å². The van der Waals surface area contributed by atoms with E-state index in [1.165, 1.54) is 0 Å². The van der Waals surface area contributed by atoms with Gasteiger partial charge in [0.05, 0.1) is 0 Å². The minimum atomic E-state index is 0.271. The second-order valence-electron chi connectivity index (χ2n) is 3.19. The maximum absolute atomic E-state index is 8.59. The largest absolute Gasteiger partial charge is 0.396 e. The van der Waals surface area contributed by atoms with Gasteiger partial charge in [-0.1, -0.05) is 11.8 Å². The molecule has 0 bridgehead atoms. The van der Waals surface area contributed by atoms with Gasteiger partial charge in [0.2, 0.25) is 0 Å². The van der Waals surface area contributed by atoms with Crippen LogP contribution in [0.2, 0.25) is 0 Å². The van der Waals surface area contributed by atoms with E-state index in [1.54, 1.807) is 11.8 Å². The van der Waals surface area contributed by atoms with E-state index >= 15 is 0 Å². The summed E-state index contributed by atoms with van der Waals surface area (Å²) in [6.45, 7) is 1.98. The molecule has 1 heterocycles. The summed E-state index contributed by atoms with van der Waals surface area (Å²) in [5.41, 5.74) is 1.09. The molecule has 0 aromatic carbocycles. The third-order valence-electron chi connectivity index (χ3n) is 1.95. The van der Waals surface area contributed by atoms with Crippen LogP contribution in [0.15, 0.2) is 17.6 Å². The molecule has 0 unspecified atom stereocenters. The summed E-state index contributed by atoms with van der Waals surface area (Å²) in [7, 11) is 0. The molecule has 1 rings (SSSR count). The first-order chi connectivity index (χ1) is 7.36. The first kappa shape index (κ1) is 12.4. The van der Waals surface area contributed by atoms with Gasteiger partial charge in [0, 0.05) is 31.1 Å². The van der Waals surface area contributed by atoms with Gasteiger partial charge in [-0.25, -0.2) is 9.97 Å². The number of nitrogens with zero attached hydrogens (tertiary/aromatic N) is 2. The van der Waals surface area contributed by atoms with Crippen LogP contribution >= 0.6 is 11.8 Å². The molecular formula is C10H17N3OS. The van der Waals surface area contributed by atoms with E-state index in [4.69, 9.17) is 5.11 Å². The van der Waals surface area contributed by atoms with E-state index in [0.29, 0.717) is 0 Å². The summed E-state index contributed by atoms with van der Waals surface area (Å²) in [5, 5.41) is 12.7. The summed E-state index contributed by atoms with van der Waals surface area (Å²) in [6.07, 6.45) is 7.51. The molecule has 5 heteroatoms. The molecular weight excluding hydrogens is 210 g/mol. The number of rotatable bonds is 7. The number of hydrogen-bond acceptors (Lipinski definition) is 5. The van der Waals surface area contributed by atoms with Gasteiger partial charge in [-0.15, -0.1) is 0 Å². The molecule has 0 fully saturated rings. The molecule has 1 aromatic heterocycles. The minimum Gasteiger partial charge on any atom is -0.396 e. The highest BCUT2D eigenvalue weighted by molar-refractivity contribution is 7.98. The zero-order valence-electron chi connectivity index (χ0n) is 8.94. The van der Waals surface area contributed by atoms with Crippen molar-refractivity contribution in [3.63, 3.8) is 0 Å². The molecule has 0 saturated heterocycles. The maximum atomic E-state index is 8.59. The van der Waals surface area contributed by atoms with Crippen LogP contribution in [-0.4, -0.2) is 34.5 Å². The van der Waals surface area contributed by atoms with E-state index < -0.39 is 0 Å². The molecule has 0 aliphatic rings. The van der Waals surface area contributed by atoms with E-state index in [1.807, 2.05) is 18.6 Å². The lowest BCUT2D eigenvalue weighted by molar-refractivity contribution is 0.283. The zero-order chi connectivity index (χ0) is 10.9. The van der Waals surface area contributed by atoms with Gasteiger partial charge in [0.25, 0.3) is 0 Å². The number of unbranched alkanes of at least 4 members (excludes halogenated alkanes) is 1. The number of aromatic nitrogens is 2. The van der Waals surface area contributed by atoms with Gasteiger partial charge >= 0.3 is 0 Å². The van der Waals surface area contributed by atoms with Crippen LogP contribution in [0.4, 0.5) is 0 Å². The Morgan fingerprint density at radius 1 is 1.33 bits per heavy atom. The fourth-order valence-electron chi connectivity index (χ4n) is 1.13. The van der Waals surface area contributed by atoms with E-state index in [9.17, 15) is 0 Å². The number of thioether (sulfide) groups is 1. The van der Waals surface area contributed by atoms with Gasteiger partial charge in [0.1, 0.15) is 0 Å². The lowest BCUT2D eigenvalue weighted by Gasteiger charge is -2.03. The van der Waals surface area contributed by atoms with Crippen molar-refractivity contribution in [2.45, 2.75) is 24.5 Å². The maximum Gasteiger partial charge on any atom is 0.187 e. The third kappa shape index (κ3) is 5.11. The highest BCUT2D eigenvalue weighted by atomic mass is 32.2. The molecule has 0 atom stereocenters. The van der Waals surface area contributed by atoms with E-state index in [-0.39, 0.29) is 6.61 Å². The van der Waals surface area contributed by atoms with Crippen molar-refractivity contribution in [3.05, 3.63) is 18.0 Å². The average Bonchev–Trinajstić information content (AvgIpc) is 2.30. The molecule has 1 aromatic rings. The molecule has 2 N–H and O–H groups in total. The van der Waals surface area contributed by atoms with E-state index in [2.05, 4.69) is 15.3 Å². The molecule has 15 heavy (non-hydrogen) atoms. The Morgan fingerprint density at radius 2 is 2.07 bits per heavy atom. The highest BCUT2D eigenvalue weighted by Gasteiger charge is 1.95. The number of nitrogens with one attached hydrogen (secondary N) is 1. The van der Waals surface area contributed by atoms with E-state index in [0.717, 1.165) is 36.7 Å². The van der Waals surface area contributed by atoms with Crippen molar-refractivity contribution < 1.29 is 5.11 Å². The van der Waals surface area contributed by atoms with Crippen LogP contribution in [0.5, 0.6) is 0 Å². The molecule has 0 aliphatic heterocycles. The van der Waals surface area contributed by atoms with Crippen molar-refractivity contribution in [1.29, 1.82) is 0 Å². The predicted molar refractivity (Wildman–Crippen MR) is 61.8 cm³/mol. The van der Waals surface area contributed by atoms with Crippen molar-refractivity contribution in [3.8, 4) is 0 Å². The van der Waals surface area contributed by atoms with Crippen LogP contribution < -0.4 is 5.32 Å². The summed E-state index contributed by atoms with van der Waals surface area (Å²) < 4.78 is 0. The van der Waals surface area contributed by atoms with Gasteiger partial charge in [-0.05, 0) is 25.6 Å². The van der Waals surface area contributed by atoms with Gasteiger partial charge in [-0.3, -0.25) is 0 Å². The quantitative estimate of drug-likeness (QED) is 0.414.